The van der Waals surface area contributed by atoms with Crippen LogP contribution in [0.3, 0.4) is 0 Å². The second-order valence-electron chi connectivity index (χ2n) is 17.3. The summed E-state index contributed by atoms with van der Waals surface area (Å²) in [4.78, 5) is 0. The molecule has 0 aromatic carbocycles. The minimum Gasteiger partial charge on any atom is -0.394 e. The largest absolute Gasteiger partial charge is 0.394 e. The van der Waals surface area contributed by atoms with Crippen molar-refractivity contribution in [1.29, 1.82) is 0 Å². The molecule has 0 radical (unpaired) electrons. The summed E-state index contributed by atoms with van der Waals surface area (Å²) >= 11 is 0. The van der Waals surface area contributed by atoms with Crippen molar-refractivity contribution < 1.29 is 40.1 Å². The van der Waals surface area contributed by atoms with Crippen LogP contribution in [0, 0.1) is 45.3 Å². The third-order valence-electron chi connectivity index (χ3n) is 14.5. The maximum Gasteiger partial charge on any atom is 0.186 e. The number of hydrogen-bond acceptors (Lipinski definition) is 8. The predicted molar refractivity (Wildman–Crippen MR) is 168 cm³/mol. The van der Waals surface area contributed by atoms with E-state index in [-0.39, 0.29) is 39.6 Å². The van der Waals surface area contributed by atoms with Gasteiger partial charge in [-0.1, -0.05) is 46.3 Å². The number of rotatable bonds is 7. The molecule has 8 heteroatoms. The highest BCUT2D eigenvalue weighted by atomic mass is 16.7. The lowest BCUT2D eigenvalue weighted by Gasteiger charge is -2.70. The normalized spacial score (nSPS) is 52.0. The second-order valence-corrected chi connectivity index (χ2v) is 17.3. The van der Waals surface area contributed by atoms with Crippen LogP contribution in [0.1, 0.15) is 113 Å². The van der Waals surface area contributed by atoms with Gasteiger partial charge >= 0.3 is 0 Å². The third-order valence-corrected chi connectivity index (χ3v) is 14.5. The quantitative estimate of drug-likeness (QED) is 0.183. The first-order chi connectivity index (χ1) is 20.3. The van der Waals surface area contributed by atoms with Crippen molar-refractivity contribution >= 4 is 0 Å². The molecule has 5 aliphatic rings. The van der Waals surface area contributed by atoms with Crippen LogP contribution in [-0.4, -0.2) is 85.8 Å². The molecular weight excluding hydrogens is 559 g/mol. The van der Waals surface area contributed by atoms with E-state index in [1.54, 1.807) is 0 Å². The maximum absolute atomic E-state index is 12.0. The Morgan fingerprint density at radius 3 is 2.18 bits per heavy atom. The molecule has 15 atom stereocenters. The van der Waals surface area contributed by atoms with Crippen molar-refractivity contribution in [2.24, 2.45) is 45.3 Å². The topological polar surface area (TPSA) is 140 Å². The molecule has 5 fully saturated rings. The summed E-state index contributed by atoms with van der Waals surface area (Å²) < 4.78 is 12.2. The number of fused-ring (bicyclic) bond motifs is 5. The van der Waals surface area contributed by atoms with Crippen LogP contribution in [-0.2, 0) is 9.47 Å². The first-order valence-corrected chi connectivity index (χ1v) is 17.3. The number of aliphatic hydroxyl groups is 6. The average molecular weight is 622 g/mol. The summed E-state index contributed by atoms with van der Waals surface area (Å²) in [5, 5.41) is 64.8. The van der Waals surface area contributed by atoms with Crippen molar-refractivity contribution in [2.75, 3.05) is 6.61 Å². The highest BCUT2D eigenvalue weighted by Crippen LogP contribution is 2.76. The SMILES string of the molecule is C/C([11CH3])=C\CC[C@](C)(O)[C@H]1CC[C@]2(C)[C@@H]1[C@H](O)C[C@@H]1[C@@]3(C)CC[C@H](O[C@@H]4O[C@H](CO)[C@@H](O)[C@H](O)[C@H]4O)C(C)(C)[C@@H]3CC[C@]12C. The van der Waals surface area contributed by atoms with Crippen molar-refractivity contribution in [3.05, 3.63) is 11.6 Å². The summed E-state index contributed by atoms with van der Waals surface area (Å²) in [6.45, 7) is 17.5. The van der Waals surface area contributed by atoms with Gasteiger partial charge in [-0.15, -0.1) is 0 Å². The summed E-state index contributed by atoms with van der Waals surface area (Å²) in [5.74, 6) is 0.792. The molecule has 8 nitrogen and oxygen atoms in total. The average Bonchev–Trinajstić information content (AvgIpc) is 3.32. The second kappa shape index (κ2) is 11.8. The molecule has 254 valence electrons. The van der Waals surface area contributed by atoms with Crippen LogP contribution in [0.5, 0.6) is 0 Å². The summed E-state index contributed by atoms with van der Waals surface area (Å²) in [5.41, 5.74) is 0.122. The molecule has 0 bridgehead atoms. The molecule has 0 amide bonds. The van der Waals surface area contributed by atoms with E-state index >= 15 is 0 Å². The predicted octanol–water partition coefficient (Wildman–Crippen LogP) is 4.32. The summed E-state index contributed by atoms with van der Waals surface area (Å²) in [6, 6.07) is 0. The van der Waals surface area contributed by atoms with Gasteiger partial charge in [0.05, 0.1) is 24.4 Å². The van der Waals surface area contributed by atoms with Crippen molar-refractivity contribution in [1.82, 2.24) is 0 Å². The van der Waals surface area contributed by atoms with Crippen LogP contribution in [0.2, 0.25) is 0 Å². The van der Waals surface area contributed by atoms with Gasteiger partial charge in [0.25, 0.3) is 0 Å². The first-order valence-electron chi connectivity index (χ1n) is 17.3. The van der Waals surface area contributed by atoms with Gasteiger partial charge in [0.1, 0.15) is 24.4 Å². The summed E-state index contributed by atoms with van der Waals surface area (Å²) in [6.07, 6.45) is 3.15. The zero-order valence-corrected chi connectivity index (χ0v) is 28.5. The number of hydrogen-bond donors (Lipinski definition) is 6. The number of aliphatic hydroxyl groups excluding tert-OH is 5. The van der Waals surface area contributed by atoms with Gasteiger partial charge in [-0.05, 0) is 124 Å². The van der Waals surface area contributed by atoms with E-state index in [4.69, 9.17) is 9.47 Å². The van der Waals surface area contributed by atoms with Crippen LogP contribution in [0.25, 0.3) is 0 Å². The Hall–Kier alpha value is -0.580. The van der Waals surface area contributed by atoms with Crippen LogP contribution in [0.4, 0.5) is 0 Å². The molecule has 1 heterocycles. The molecule has 0 unspecified atom stereocenters. The lowest BCUT2D eigenvalue weighted by molar-refractivity contribution is -0.332. The fraction of sp³-hybridized carbons (Fsp3) is 0.944. The van der Waals surface area contributed by atoms with E-state index < -0.39 is 49.0 Å². The molecule has 4 saturated carbocycles. The van der Waals surface area contributed by atoms with Gasteiger partial charge in [0.15, 0.2) is 6.29 Å². The van der Waals surface area contributed by atoms with Crippen molar-refractivity contribution in [3.8, 4) is 0 Å². The Morgan fingerprint density at radius 1 is 0.886 bits per heavy atom. The fourth-order valence-corrected chi connectivity index (χ4v) is 11.9. The van der Waals surface area contributed by atoms with Gasteiger partial charge in [0, 0.05) is 0 Å². The van der Waals surface area contributed by atoms with Gasteiger partial charge < -0.3 is 40.1 Å². The molecule has 0 aromatic heterocycles. The van der Waals surface area contributed by atoms with E-state index in [0.29, 0.717) is 18.3 Å². The smallest absolute Gasteiger partial charge is 0.186 e. The number of allylic oxidation sites excluding steroid dienone is 2. The summed E-state index contributed by atoms with van der Waals surface area (Å²) in [7, 11) is 0. The lowest BCUT2D eigenvalue weighted by Crippen LogP contribution is -2.67. The molecular formula is C36H62O8. The Balaban J connectivity index is 1.37. The zero-order chi connectivity index (χ0) is 32.6. The van der Waals surface area contributed by atoms with Gasteiger partial charge in [-0.3, -0.25) is 0 Å². The lowest BCUT2D eigenvalue weighted by atomic mass is 9.35. The van der Waals surface area contributed by atoms with Crippen LogP contribution < -0.4 is 0 Å². The van der Waals surface area contributed by atoms with E-state index in [1.165, 1.54) is 5.57 Å². The zero-order valence-electron chi connectivity index (χ0n) is 28.5. The Labute approximate surface area is 265 Å². The van der Waals surface area contributed by atoms with Crippen molar-refractivity contribution in [2.45, 2.75) is 162 Å². The molecule has 44 heavy (non-hydrogen) atoms. The van der Waals surface area contributed by atoms with E-state index in [1.807, 2.05) is 6.92 Å². The van der Waals surface area contributed by atoms with E-state index in [2.05, 4.69) is 54.5 Å². The van der Waals surface area contributed by atoms with Gasteiger partial charge in [-0.25, -0.2) is 0 Å². The molecule has 4 aliphatic carbocycles. The third kappa shape index (κ3) is 5.26. The Morgan fingerprint density at radius 2 is 1.55 bits per heavy atom. The molecule has 1 aliphatic heterocycles. The molecule has 0 aromatic rings. The highest BCUT2D eigenvalue weighted by molar-refractivity contribution is 5.20. The minimum atomic E-state index is -1.46. The van der Waals surface area contributed by atoms with Crippen LogP contribution in [0.15, 0.2) is 11.6 Å². The molecule has 0 spiro atoms. The minimum absolute atomic E-state index is 0.0231. The van der Waals surface area contributed by atoms with Gasteiger partial charge in [0.2, 0.25) is 0 Å². The van der Waals surface area contributed by atoms with E-state index in [0.717, 1.165) is 51.4 Å². The fourth-order valence-electron chi connectivity index (χ4n) is 11.9. The standard InChI is InChI=1S/C36H62O8/c1-20(2)10-9-14-36(8,42)21-11-16-35(7)27(21)22(38)18-25-33(5)15-13-26(32(3,4)24(33)12-17-34(25,35)6)44-31-30(41)29(40)28(39)23(19-37)43-31/h10,21-31,37-42H,9,11-19H2,1-8H3/t21-,22+,23+,24-,25+,26-,27-,28+,29-,30+,31-,33-,34+,35+,36-/m0/s1/i1-1/b20-10-. The Bertz CT molecular complexity index is 1070. The van der Waals surface area contributed by atoms with Gasteiger partial charge in [-0.2, -0.15) is 0 Å². The maximum atomic E-state index is 12.0. The van der Waals surface area contributed by atoms with E-state index in [9.17, 15) is 30.6 Å². The van der Waals surface area contributed by atoms with Crippen molar-refractivity contribution in [3.63, 3.8) is 0 Å². The monoisotopic (exact) mass is 621 g/mol. The Kier molecular flexibility index (Phi) is 9.35. The first kappa shape index (κ1) is 34.7. The van der Waals surface area contributed by atoms with Crippen LogP contribution >= 0.6 is 0 Å². The number of ether oxygens (including phenoxy) is 2. The molecule has 1 saturated heterocycles. The molecule has 5 rings (SSSR count). The molecule has 6 N–H and O–H groups in total. The highest BCUT2D eigenvalue weighted by Gasteiger charge is 2.71.